The third kappa shape index (κ3) is 4.98. The van der Waals surface area contributed by atoms with Gasteiger partial charge >= 0.3 is 0 Å². The second-order valence-electron chi connectivity index (χ2n) is 5.45. The van der Waals surface area contributed by atoms with Crippen LogP contribution in [0.25, 0.3) is 0 Å². The van der Waals surface area contributed by atoms with Gasteiger partial charge in [0.2, 0.25) is 5.91 Å². The maximum Gasteiger partial charge on any atom is 0.238 e. The fraction of sp³-hybridized carbons (Fsp3) is 0.438. The van der Waals surface area contributed by atoms with E-state index in [1.165, 1.54) is 0 Å². The first kappa shape index (κ1) is 17.3. The van der Waals surface area contributed by atoms with Gasteiger partial charge < -0.3 is 10.1 Å². The summed E-state index contributed by atoms with van der Waals surface area (Å²) >= 11 is 0. The Labute approximate surface area is 136 Å². The number of terminal acetylenes is 1. The van der Waals surface area contributed by atoms with E-state index < -0.39 is 9.84 Å². The second-order valence-corrected chi connectivity index (χ2v) is 7.67. The van der Waals surface area contributed by atoms with E-state index in [4.69, 9.17) is 11.2 Å². The monoisotopic (exact) mass is 336 g/mol. The molecule has 1 fully saturated rings. The summed E-state index contributed by atoms with van der Waals surface area (Å²) in [5.41, 5.74) is 0.619. The maximum absolute atomic E-state index is 12.2. The lowest BCUT2D eigenvalue weighted by Gasteiger charge is -2.25. The number of methoxy groups -OCH3 is 1. The highest BCUT2D eigenvalue weighted by molar-refractivity contribution is 7.91. The van der Waals surface area contributed by atoms with Crippen molar-refractivity contribution >= 4 is 21.4 Å². The van der Waals surface area contributed by atoms with Gasteiger partial charge in [0.05, 0.1) is 31.7 Å². The van der Waals surface area contributed by atoms with Crippen LogP contribution < -0.4 is 10.1 Å². The maximum atomic E-state index is 12.2. The Balaban J connectivity index is 1.99. The number of benzene rings is 1. The summed E-state index contributed by atoms with van der Waals surface area (Å²) in [6, 6.07) is 6.82. The molecule has 1 aliphatic heterocycles. The summed E-state index contributed by atoms with van der Waals surface area (Å²) in [6.07, 6.45) is 5.85. The van der Waals surface area contributed by atoms with Crippen LogP contribution in [0.15, 0.2) is 24.3 Å². The molecule has 6 nitrogen and oxygen atoms in total. The number of hydrogen-bond donors (Lipinski definition) is 1. The second kappa shape index (κ2) is 7.49. The molecule has 0 radical (unpaired) electrons. The van der Waals surface area contributed by atoms with Crippen LogP contribution >= 0.6 is 0 Å². The summed E-state index contributed by atoms with van der Waals surface area (Å²) in [7, 11) is -1.47. The number of carbonyl (C=O) groups is 1. The smallest absolute Gasteiger partial charge is 0.238 e. The van der Waals surface area contributed by atoms with Crippen molar-refractivity contribution in [1.29, 1.82) is 0 Å². The van der Waals surface area contributed by atoms with Crippen LogP contribution in [-0.2, 0) is 14.6 Å². The molecule has 1 aromatic rings. The molecule has 0 spiro atoms. The molecule has 23 heavy (non-hydrogen) atoms. The van der Waals surface area contributed by atoms with Gasteiger partial charge in [0.1, 0.15) is 5.75 Å². The summed E-state index contributed by atoms with van der Waals surface area (Å²) in [6.45, 7) is 0.299. The highest BCUT2D eigenvalue weighted by Gasteiger charge is 2.32. The Kier molecular flexibility index (Phi) is 5.64. The van der Waals surface area contributed by atoms with Gasteiger partial charge in [-0.2, -0.15) is 0 Å². The van der Waals surface area contributed by atoms with Gasteiger partial charge in [-0.1, -0.05) is 12.0 Å². The van der Waals surface area contributed by atoms with E-state index in [1.54, 1.807) is 36.3 Å². The van der Waals surface area contributed by atoms with Gasteiger partial charge in [-0.25, -0.2) is 8.42 Å². The Morgan fingerprint density at radius 2 is 2.30 bits per heavy atom. The molecule has 1 heterocycles. The van der Waals surface area contributed by atoms with Gasteiger partial charge in [-0.3, -0.25) is 9.69 Å². The first-order valence-electron chi connectivity index (χ1n) is 7.25. The SMILES string of the molecule is C#CCN(CC(=O)Nc1cccc(OC)c1)[C@H]1CCS(=O)(=O)C1. The van der Waals surface area contributed by atoms with Crippen LogP contribution in [0.3, 0.4) is 0 Å². The topological polar surface area (TPSA) is 75.7 Å². The van der Waals surface area contributed by atoms with Crippen LogP contribution in [-0.4, -0.2) is 57.0 Å². The molecule has 1 aromatic carbocycles. The molecule has 0 unspecified atom stereocenters. The number of rotatable bonds is 6. The third-order valence-electron chi connectivity index (χ3n) is 3.72. The van der Waals surface area contributed by atoms with Crippen molar-refractivity contribution in [2.24, 2.45) is 0 Å². The van der Waals surface area contributed by atoms with Crippen LogP contribution in [0, 0.1) is 12.3 Å². The third-order valence-corrected chi connectivity index (χ3v) is 5.47. The van der Waals surface area contributed by atoms with E-state index in [1.807, 2.05) is 0 Å². The van der Waals surface area contributed by atoms with Crippen LogP contribution in [0.4, 0.5) is 5.69 Å². The van der Waals surface area contributed by atoms with Gasteiger partial charge in [0.25, 0.3) is 0 Å². The number of anilines is 1. The fourth-order valence-electron chi connectivity index (χ4n) is 2.58. The highest BCUT2D eigenvalue weighted by atomic mass is 32.2. The first-order valence-corrected chi connectivity index (χ1v) is 9.07. The molecular weight excluding hydrogens is 316 g/mol. The minimum absolute atomic E-state index is 0.0567. The van der Waals surface area contributed by atoms with E-state index in [9.17, 15) is 13.2 Å². The number of amides is 1. The molecular formula is C16H20N2O4S. The average molecular weight is 336 g/mol. The Hall–Kier alpha value is -2.04. The number of carbonyl (C=O) groups excluding carboxylic acids is 1. The molecule has 1 aliphatic rings. The zero-order valence-corrected chi connectivity index (χ0v) is 13.8. The number of nitrogens with zero attached hydrogens (tertiary/aromatic N) is 1. The molecule has 1 amide bonds. The molecule has 124 valence electrons. The lowest BCUT2D eigenvalue weighted by atomic mass is 10.2. The molecule has 1 N–H and O–H groups in total. The number of hydrogen-bond acceptors (Lipinski definition) is 5. The molecule has 0 aliphatic carbocycles. The van der Waals surface area contributed by atoms with E-state index in [0.29, 0.717) is 17.9 Å². The summed E-state index contributed by atoms with van der Waals surface area (Å²) < 4.78 is 28.3. The van der Waals surface area contributed by atoms with Crippen molar-refractivity contribution in [2.45, 2.75) is 12.5 Å². The van der Waals surface area contributed by atoms with Crippen LogP contribution in [0.1, 0.15) is 6.42 Å². The lowest BCUT2D eigenvalue weighted by Crippen LogP contribution is -2.41. The minimum Gasteiger partial charge on any atom is -0.497 e. The standard InChI is InChI=1S/C16H20N2O4S/c1-3-8-18(14-7-9-23(20,21)12-14)11-16(19)17-13-5-4-6-15(10-13)22-2/h1,4-6,10,14H,7-9,11-12H2,2H3,(H,17,19)/t14-/m0/s1. The van der Waals surface area contributed by atoms with Gasteiger partial charge in [-0.15, -0.1) is 6.42 Å². The van der Waals surface area contributed by atoms with E-state index in [0.717, 1.165) is 0 Å². The van der Waals surface area contributed by atoms with Crippen molar-refractivity contribution in [3.8, 4) is 18.1 Å². The summed E-state index contributed by atoms with van der Waals surface area (Å²) in [4.78, 5) is 13.9. The molecule has 1 atom stereocenters. The van der Waals surface area contributed by atoms with Crippen LogP contribution in [0.5, 0.6) is 5.75 Å². The summed E-state index contributed by atoms with van der Waals surface area (Å²) in [5, 5.41) is 2.77. The van der Waals surface area contributed by atoms with E-state index in [2.05, 4.69) is 11.2 Å². The fourth-order valence-corrected chi connectivity index (χ4v) is 4.34. The van der Waals surface area contributed by atoms with E-state index in [-0.39, 0.29) is 36.5 Å². The van der Waals surface area contributed by atoms with Gasteiger partial charge in [0.15, 0.2) is 9.84 Å². The zero-order valence-electron chi connectivity index (χ0n) is 13.0. The minimum atomic E-state index is -3.02. The van der Waals surface area contributed by atoms with Crippen molar-refractivity contribution in [1.82, 2.24) is 4.90 Å². The van der Waals surface area contributed by atoms with Crippen molar-refractivity contribution < 1.29 is 17.9 Å². The van der Waals surface area contributed by atoms with E-state index >= 15 is 0 Å². The van der Waals surface area contributed by atoms with Gasteiger partial charge in [-0.05, 0) is 18.6 Å². The molecule has 1 saturated heterocycles. The number of nitrogens with one attached hydrogen (secondary N) is 1. The van der Waals surface area contributed by atoms with Crippen molar-refractivity contribution in [3.05, 3.63) is 24.3 Å². The normalized spacial score (nSPS) is 19.3. The average Bonchev–Trinajstić information content (AvgIpc) is 2.87. The Morgan fingerprint density at radius 3 is 2.91 bits per heavy atom. The highest BCUT2D eigenvalue weighted by Crippen LogP contribution is 2.19. The van der Waals surface area contributed by atoms with Crippen molar-refractivity contribution in [2.75, 3.05) is 37.0 Å². The molecule has 2 rings (SSSR count). The largest absolute Gasteiger partial charge is 0.497 e. The lowest BCUT2D eigenvalue weighted by molar-refractivity contribution is -0.117. The Morgan fingerprint density at radius 1 is 1.52 bits per heavy atom. The zero-order chi connectivity index (χ0) is 16.9. The molecule has 0 saturated carbocycles. The quantitative estimate of drug-likeness (QED) is 0.776. The summed E-state index contributed by atoms with van der Waals surface area (Å²) in [5.74, 6) is 3.10. The Bertz CT molecular complexity index is 709. The van der Waals surface area contributed by atoms with Gasteiger partial charge in [0, 0.05) is 17.8 Å². The molecule has 0 aromatic heterocycles. The first-order chi connectivity index (χ1) is 10.9. The molecule has 0 bridgehead atoms. The predicted molar refractivity (Wildman–Crippen MR) is 89.1 cm³/mol. The molecule has 7 heteroatoms. The number of sulfone groups is 1. The van der Waals surface area contributed by atoms with Crippen LogP contribution in [0.2, 0.25) is 0 Å². The van der Waals surface area contributed by atoms with Crippen molar-refractivity contribution in [3.63, 3.8) is 0 Å². The predicted octanol–water partition coefficient (Wildman–Crippen LogP) is 0.756. The number of ether oxygens (including phenoxy) is 1.